The molecule has 0 aromatic carbocycles. The monoisotopic (exact) mass is 282 g/mol. The summed E-state index contributed by atoms with van der Waals surface area (Å²) in [4.78, 5) is 0. The van der Waals surface area contributed by atoms with Crippen molar-refractivity contribution in [3.8, 4) is 6.07 Å². The Bertz CT molecular complexity index is 262. The topological polar surface area (TPSA) is 45.0 Å². The zero-order valence-corrected chi connectivity index (χ0v) is 14.0. The molecule has 0 spiro atoms. The quantitative estimate of drug-likeness (QED) is 0.513. The van der Waals surface area contributed by atoms with Crippen LogP contribution >= 0.6 is 0 Å². The lowest BCUT2D eigenvalue weighted by atomic mass is 9.92. The average molecular weight is 282 g/mol. The van der Waals surface area contributed by atoms with E-state index in [1.165, 1.54) is 25.7 Å². The number of hydrogen-bond donors (Lipinski definition) is 1. The van der Waals surface area contributed by atoms with Crippen LogP contribution in [0.4, 0.5) is 0 Å². The number of nitrogens with one attached hydrogen (secondary N) is 1. The smallest absolute Gasteiger partial charge is 0.106 e. The van der Waals surface area contributed by atoms with Gasteiger partial charge in [0.15, 0.2) is 0 Å². The first-order chi connectivity index (χ1) is 9.67. The third-order valence-electron chi connectivity index (χ3n) is 4.12. The minimum atomic E-state index is -0.357. The summed E-state index contributed by atoms with van der Waals surface area (Å²) >= 11 is 0. The molecule has 0 rings (SSSR count). The fourth-order valence-corrected chi connectivity index (χ4v) is 2.53. The number of unbranched alkanes of at least 4 members (excludes halogenated alkanes) is 1. The van der Waals surface area contributed by atoms with Crippen LogP contribution < -0.4 is 5.32 Å². The molecule has 20 heavy (non-hydrogen) atoms. The van der Waals surface area contributed by atoms with Crippen LogP contribution in [-0.4, -0.2) is 25.3 Å². The van der Waals surface area contributed by atoms with Gasteiger partial charge in [0.2, 0.25) is 0 Å². The molecule has 0 amide bonds. The molecule has 0 aromatic heterocycles. The summed E-state index contributed by atoms with van der Waals surface area (Å²) in [7, 11) is 0. The van der Waals surface area contributed by atoms with Crippen molar-refractivity contribution in [2.75, 3.05) is 19.8 Å². The van der Waals surface area contributed by atoms with Crippen LogP contribution in [0.15, 0.2) is 0 Å². The van der Waals surface area contributed by atoms with E-state index in [4.69, 9.17) is 4.74 Å². The van der Waals surface area contributed by atoms with Gasteiger partial charge in [-0.25, -0.2) is 0 Å². The van der Waals surface area contributed by atoms with Crippen molar-refractivity contribution in [2.45, 2.75) is 78.2 Å². The van der Waals surface area contributed by atoms with Crippen LogP contribution in [0.25, 0.3) is 0 Å². The molecule has 0 saturated heterocycles. The van der Waals surface area contributed by atoms with E-state index in [0.29, 0.717) is 5.92 Å². The maximum absolute atomic E-state index is 9.33. The molecular formula is C17H34N2O. The lowest BCUT2D eigenvalue weighted by molar-refractivity contribution is 0.0877. The maximum atomic E-state index is 9.33. The van der Waals surface area contributed by atoms with Crippen molar-refractivity contribution in [3.05, 3.63) is 0 Å². The Kier molecular flexibility index (Phi) is 11.8. The zero-order chi connectivity index (χ0) is 15.3. The van der Waals surface area contributed by atoms with Gasteiger partial charge in [-0.2, -0.15) is 5.26 Å². The van der Waals surface area contributed by atoms with Gasteiger partial charge in [-0.1, -0.05) is 47.0 Å². The Labute approximate surface area is 126 Å². The van der Waals surface area contributed by atoms with E-state index in [9.17, 15) is 5.26 Å². The second-order valence-corrected chi connectivity index (χ2v) is 5.67. The van der Waals surface area contributed by atoms with Crippen LogP contribution in [0.3, 0.4) is 0 Å². The third kappa shape index (κ3) is 7.87. The van der Waals surface area contributed by atoms with Crippen molar-refractivity contribution in [2.24, 2.45) is 5.92 Å². The second-order valence-electron chi connectivity index (χ2n) is 5.67. The Balaban J connectivity index is 3.86. The van der Waals surface area contributed by atoms with Gasteiger partial charge >= 0.3 is 0 Å². The summed E-state index contributed by atoms with van der Waals surface area (Å²) in [5, 5.41) is 12.7. The van der Waals surface area contributed by atoms with Gasteiger partial charge in [-0.3, -0.25) is 5.32 Å². The van der Waals surface area contributed by atoms with E-state index in [0.717, 1.165) is 39.0 Å². The summed E-state index contributed by atoms with van der Waals surface area (Å²) in [5.41, 5.74) is -0.357. The molecule has 0 radical (unpaired) electrons. The van der Waals surface area contributed by atoms with Gasteiger partial charge in [0.25, 0.3) is 0 Å². The highest BCUT2D eigenvalue weighted by Crippen LogP contribution is 2.17. The molecule has 0 aromatic rings. The standard InChI is InChI=1S/C17H34N2O/c1-5-9-11-16(6-2)14-20-13-10-12-17(7-3,15-18)19-8-4/h16,19H,5-14H2,1-4H3. The molecule has 0 aliphatic heterocycles. The number of nitrogens with zero attached hydrogens (tertiary/aromatic N) is 1. The molecule has 2 atom stereocenters. The van der Waals surface area contributed by atoms with E-state index in [1.54, 1.807) is 0 Å². The summed E-state index contributed by atoms with van der Waals surface area (Å²) in [6.07, 6.45) is 7.73. The van der Waals surface area contributed by atoms with E-state index < -0.39 is 0 Å². The van der Waals surface area contributed by atoms with E-state index in [2.05, 4.69) is 39.1 Å². The average Bonchev–Trinajstić information content (AvgIpc) is 2.49. The summed E-state index contributed by atoms with van der Waals surface area (Å²) in [5.74, 6) is 0.704. The SMILES string of the molecule is CCCCC(CC)COCCCC(C#N)(CC)NCC. The van der Waals surface area contributed by atoms with Crippen molar-refractivity contribution < 1.29 is 4.74 Å². The molecule has 118 valence electrons. The second kappa shape index (κ2) is 12.2. The van der Waals surface area contributed by atoms with Gasteiger partial charge in [-0.15, -0.1) is 0 Å². The van der Waals surface area contributed by atoms with E-state index in [-0.39, 0.29) is 5.54 Å². The van der Waals surface area contributed by atoms with Crippen molar-refractivity contribution >= 4 is 0 Å². The number of nitriles is 1. The highest BCUT2D eigenvalue weighted by Gasteiger charge is 2.25. The normalized spacial score (nSPS) is 15.6. The van der Waals surface area contributed by atoms with E-state index >= 15 is 0 Å². The maximum Gasteiger partial charge on any atom is 0.106 e. The first kappa shape index (κ1) is 19.4. The van der Waals surface area contributed by atoms with Crippen LogP contribution in [0.1, 0.15) is 72.6 Å². The molecule has 0 aliphatic rings. The third-order valence-corrected chi connectivity index (χ3v) is 4.12. The van der Waals surface area contributed by atoms with Crippen LogP contribution in [-0.2, 0) is 4.74 Å². The summed E-state index contributed by atoms with van der Waals surface area (Å²) in [6, 6.07) is 2.44. The van der Waals surface area contributed by atoms with Gasteiger partial charge in [-0.05, 0) is 38.1 Å². The molecule has 3 nitrogen and oxygen atoms in total. The molecule has 0 heterocycles. The number of hydrogen-bond acceptors (Lipinski definition) is 3. The molecular weight excluding hydrogens is 248 g/mol. The molecule has 0 aliphatic carbocycles. The fraction of sp³-hybridized carbons (Fsp3) is 0.941. The first-order valence-corrected chi connectivity index (χ1v) is 8.41. The zero-order valence-electron chi connectivity index (χ0n) is 14.0. The van der Waals surface area contributed by atoms with Gasteiger partial charge in [0.1, 0.15) is 5.54 Å². The number of rotatable bonds is 13. The Morgan fingerprint density at radius 2 is 1.95 bits per heavy atom. The van der Waals surface area contributed by atoms with Crippen molar-refractivity contribution in [1.29, 1.82) is 5.26 Å². The van der Waals surface area contributed by atoms with Crippen LogP contribution in [0.2, 0.25) is 0 Å². The van der Waals surface area contributed by atoms with Crippen molar-refractivity contribution in [1.82, 2.24) is 5.32 Å². The van der Waals surface area contributed by atoms with Gasteiger partial charge in [0, 0.05) is 13.2 Å². The predicted octanol–water partition coefficient (Wildman–Crippen LogP) is 4.28. The fourth-order valence-electron chi connectivity index (χ4n) is 2.53. The Morgan fingerprint density at radius 3 is 2.45 bits per heavy atom. The van der Waals surface area contributed by atoms with Crippen molar-refractivity contribution in [3.63, 3.8) is 0 Å². The van der Waals surface area contributed by atoms with Crippen LogP contribution in [0.5, 0.6) is 0 Å². The minimum absolute atomic E-state index is 0.357. The first-order valence-electron chi connectivity index (χ1n) is 8.41. The number of ether oxygens (including phenoxy) is 1. The van der Waals surface area contributed by atoms with Gasteiger partial charge < -0.3 is 4.74 Å². The van der Waals surface area contributed by atoms with E-state index in [1.807, 2.05) is 0 Å². The van der Waals surface area contributed by atoms with Crippen LogP contribution in [0, 0.1) is 17.2 Å². The molecule has 0 saturated carbocycles. The lowest BCUT2D eigenvalue weighted by Crippen LogP contribution is -2.43. The predicted molar refractivity (Wildman–Crippen MR) is 85.7 cm³/mol. The Hall–Kier alpha value is -0.590. The Morgan fingerprint density at radius 1 is 1.20 bits per heavy atom. The molecule has 1 N–H and O–H groups in total. The molecule has 3 heteroatoms. The molecule has 0 bridgehead atoms. The highest BCUT2D eigenvalue weighted by atomic mass is 16.5. The highest BCUT2D eigenvalue weighted by molar-refractivity contribution is 5.05. The summed E-state index contributed by atoms with van der Waals surface area (Å²) < 4.78 is 5.81. The van der Waals surface area contributed by atoms with Gasteiger partial charge in [0.05, 0.1) is 6.07 Å². The lowest BCUT2D eigenvalue weighted by Gasteiger charge is -2.26. The summed E-state index contributed by atoms with van der Waals surface area (Å²) in [6.45, 7) is 11.1. The molecule has 2 unspecified atom stereocenters. The minimum Gasteiger partial charge on any atom is -0.381 e. The molecule has 0 fully saturated rings. The largest absolute Gasteiger partial charge is 0.381 e.